The Balaban J connectivity index is 0.000000511. The van der Waals surface area contributed by atoms with E-state index in [0.29, 0.717) is 17.7 Å². The molecule has 1 fully saturated rings. The minimum absolute atomic E-state index is 0.0280. The summed E-state index contributed by atoms with van der Waals surface area (Å²) in [5, 5.41) is 13.0. The van der Waals surface area contributed by atoms with E-state index in [4.69, 9.17) is 14.4 Å². The first kappa shape index (κ1) is 18.9. The molecule has 2 atom stereocenters. The van der Waals surface area contributed by atoms with E-state index in [1.165, 1.54) is 12.1 Å². The van der Waals surface area contributed by atoms with Gasteiger partial charge in [-0.3, -0.25) is 9.59 Å². The van der Waals surface area contributed by atoms with E-state index < -0.39 is 17.6 Å². The first-order chi connectivity index (χ1) is 11.8. The van der Waals surface area contributed by atoms with Crippen molar-refractivity contribution in [2.24, 2.45) is 0 Å². The summed E-state index contributed by atoms with van der Waals surface area (Å²) in [6.45, 7) is 1.83. The number of hydrogen-bond acceptors (Lipinski definition) is 4. The van der Waals surface area contributed by atoms with Crippen molar-refractivity contribution in [2.45, 2.75) is 38.1 Å². The maximum Gasteiger partial charge on any atom is 0.300 e. The topological polar surface area (TPSA) is 95.3 Å². The number of rotatable bonds is 3. The van der Waals surface area contributed by atoms with Gasteiger partial charge in [0.15, 0.2) is 0 Å². The zero-order chi connectivity index (χ0) is 18.4. The second-order valence-electron chi connectivity index (χ2n) is 5.95. The summed E-state index contributed by atoms with van der Waals surface area (Å²) in [5.41, 5.74) is 0.111. The second kappa shape index (κ2) is 8.57. The standard InChI is InChI=1S/C15H16F2N2O2.C2H4O2/c16-11-1-2-13(17)10(5-11)7-12-6-9(3-4-18-12)14-8-15(20)19-21-14;1-2(3)4/h1-2,5,8-9,12,18H,3-4,6-7H2,(H,19,20);1H3,(H,3,4)/t9-,12+;/m0./s1. The van der Waals surface area contributed by atoms with Crippen LogP contribution in [0.25, 0.3) is 0 Å². The summed E-state index contributed by atoms with van der Waals surface area (Å²) in [6.07, 6.45) is 1.98. The molecule has 6 nitrogen and oxygen atoms in total. The maximum atomic E-state index is 13.7. The van der Waals surface area contributed by atoms with Gasteiger partial charge in [0, 0.05) is 24.9 Å². The zero-order valence-electron chi connectivity index (χ0n) is 13.7. The third kappa shape index (κ3) is 5.82. The van der Waals surface area contributed by atoms with Crippen LogP contribution in [0.15, 0.2) is 33.6 Å². The molecule has 2 aromatic rings. The Kier molecular flexibility index (Phi) is 6.46. The number of aromatic nitrogens is 1. The Morgan fingerprint density at radius 1 is 1.36 bits per heavy atom. The van der Waals surface area contributed by atoms with E-state index >= 15 is 0 Å². The lowest BCUT2D eigenvalue weighted by Gasteiger charge is -2.29. The van der Waals surface area contributed by atoms with Crippen LogP contribution in [0.3, 0.4) is 0 Å². The molecule has 25 heavy (non-hydrogen) atoms. The van der Waals surface area contributed by atoms with Gasteiger partial charge in [0.1, 0.15) is 17.4 Å². The second-order valence-corrected chi connectivity index (χ2v) is 5.95. The predicted octanol–water partition coefficient (Wildman–Crippen LogP) is 2.42. The van der Waals surface area contributed by atoms with Gasteiger partial charge < -0.3 is 14.9 Å². The number of benzene rings is 1. The molecule has 0 saturated carbocycles. The van der Waals surface area contributed by atoms with Gasteiger partial charge in [-0.1, -0.05) is 0 Å². The maximum absolute atomic E-state index is 13.7. The van der Waals surface area contributed by atoms with Crippen LogP contribution in [0.1, 0.15) is 37.0 Å². The van der Waals surface area contributed by atoms with Gasteiger partial charge in [-0.05, 0) is 49.6 Å². The van der Waals surface area contributed by atoms with Crippen molar-refractivity contribution < 1.29 is 23.2 Å². The molecule has 8 heteroatoms. The molecule has 1 aromatic heterocycles. The highest BCUT2D eigenvalue weighted by Crippen LogP contribution is 2.28. The van der Waals surface area contributed by atoms with E-state index in [9.17, 15) is 13.6 Å². The third-order valence-corrected chi connectivity index (χ3v) is 3.91. The van der Waals surface area contributed by atoms with Crippen LogP contribution in [-0.4, -0.2) is 28.8 Å². The number of H-pyrrole nitrogens is 1. The van der Waals surface area contributed by atoms with Crippen molar-refractivity contribution in [3.8, 4) is 0 Å². The number of nitrogens with one attached hydrogen (secondary N) is 2. The molecule has 3 N–H and O–H groups in total. The zero-order valence-corrected chi connectivity index (χ0v) is 13.7. The monoisotopic (exact) mass is 354 g/mol. The van der Waals surface area contributed by atoms with E-state index in [0.717, 1.165) is 38.4 Å². The van der Waals surface area contributed by atoms with Gasteiger partial charge in [-0.2, -0.15) is 5.16 Å². The summed E-state index contributed by atoms with van der Waals surface area (Å²) in [6, 6.07) is 4.98. The van der Waals surface area contributed by atoms with Gasteiger partial charge in [0.05, 0.1) is 0 Å². The Morgan fingerprint density at radius 2 is 2.08 bits per heavy atom. The van der Waals surface area contributed by atoms with E-state index in [1.807, 2.05) is 0 Å². The van der Waals surface area contributed by atoms with Crippen LogP contribution in [0, 0.1) is 11.6 Å². The molecule has 0 spiro atoms. The van der Waals surface area contributed by atoms with Gasteiger partial charge in [0.2, 0.25) is 0 Å². The van der Waals surface area contributed by atoms with Gasteiger partial charge in [0.25, 0.3) is 11.5 Å². The fourth-order valence-corrected chi connectivity index (χ4v) is 2.88. The number of hydrogen-bond donors (Lipinski definition) is 3. The molecule has 3 rings (SSSR count). The highest BCUT2D eigenvalue weighted by Gasteiger charge is 2.26. The molecule has 0 amide bonds. The summed E-state index contributed by atoms with van der Waals surface area (Å²) < 4.78 is 32.0. The lowest BCUT2D eigenvalue weighted by molar-refractivity contribution is -0.134. The summed E-state index contributed by atoms with van der Waals surface area (Å²) in [4.78, 5) is 20.1. The highest BCUT2D eigenvalue weighted by atomic mass is 19.1. The molecule has 136 valence electrons. The Morgan fingerprint density at radius 3 is 2.72 bits per heavy atom. The fourth-order valence-electron chi connectivity index (χ4n) is 2.88. The van der Waals surface area contributed by atoms with Crippen LogP contribution >= 0.6 is 0 Å². The molecule has 1 aliphatic heterocycles. The average Bonchev–Trinajstić information content (AvgIpc) is 2.97. The molecule has 1 aliphatic rings. The first-order valence-electron chi connectivity index (χ1n) is 7.90. The van der Waals surface area contributed by atoms with E-state index in [-0.39, 0.29) is 17.5 Å². The molecule has 0 aliphatic carbocycles. The SMILES string of the molecule is CC(=O)O.O=c1cc([C@H]2CCN[C@@H](Cc3cc(F)ccc3F)C2)o[nH]1. The number of piperidine rings is 1. The third-order valence-electron chi connectivity index (χ3n) is 3.91. The van der Waals surface area contributed by atoms with Crippen molar-refractivity contribution in [1.82, 2.24) is 10.5 Å². The van der Waals surface area contributed by atoms with Gasteiger partial charge in [-0.15, -0.1) is 0 Å². The summed E-state index contributed by atoms with van der Waals surface area (Å²) in [5.74, 6) is -0.915. The molecule has 1 aromatic carbocycles. The lowest BCUT2D eigenvalue weighted by atomic mass is 9.87. The molecular formula is C17H20F2N2O4. The van der Waals surface area contributed by atoms with Crippen molar-refractivity contribution in [3.63, 3.8) is 0 Å². The van der Waals surface area contributed by atoms with Crippen molar-refractivity contribution in [2.75, 3.05) is 6.54 Å². The smallest absolute Gasteiger partial charge is 0.300 e. The molecule has 0 bridgehead atoms. The lowest BCUT2D eigenvalue weighted by Crippen LogP contribution is -2.38. The fraction of sp³-hybridized carbons (Fsp3) is 0.412. The number of aromatic amines is 1. The van der Waals surface area contributed by atoms with E-state index in [2.05, 4.69) is 10.5 Å². The van der Waals surface area contributed by atoms with Gasteiger partial charge in [-0.25, -0.2) is 8.78 Å². The first-order valence-corrected chi connectivity index (χ1v) is 7.90. The van der Waals surface area contributed by atoms with Crippen molar-refractivity contribution >= 4 is 5.97 Å². The molecule has 2 heterocycles. The normalized spacial score (nSPS) is 19.8. The largest absolute Gasteiger partial charge is 0.481 e. The van der Waals surface area contributed by atoms with E-state index in [1.54, 1.807) is 0 Å². The van der Waals surface area contributed by atoms with Crippen LogP contribution < -0.4 is 10.9 Å². The van der Waals surface area contributed by atoms with Crippen LogP contribution in [0.4, 0.5) is 8.78 Å². The van der Waals surface area contributed by atoms with Crippen LogP contribution in [0.2, 0.25) is 0 Å². The summed E-state index contributed by atoms with van der Waals surface area (Å²) >= 11 is 0. The molecule has 0 radical (unpaired) electrons. The number of carboxylic acids is 1. The molecule has 1 saturated heterocycles. The van der Waals surface area contributed by atoms with Gasteiger partial charge >= 0.3 is 0 Å². The molecule has 0 unspecified atom stereocenters. The molecular weight excluding hydrogens is 334 g/mol. The number of carboxylic acid groups (broad SMARTS) is 1. The van der Waals surface area contributed by atoms with Crippen molar-refractivity contribution in [1.29, 1.82) is 0 Å². The number of aliphatic carboxylic acids is 1. The number of carbonyl (C=O) groups is 1. The summed E-state index contributed by atoms with van der Waals surface area (Å²) in [7, 11) is 0. The minimum atomic E-state index is -0.833. The Labute approximate surface area is 142 Å². The van der Waals surface area contributed by atoms with Crippen molar-refractivity contribution in [3.05, 3.63) is 57.6 Å². The Bertz CT molecular complexity index is 768. The predicted molar refractivity (Wildman–Crippen MR) is 86.5 cm³/mol. The Hall–Kier alpha value is -2.48. The van der Waals surface area contributed by atoms with Crippen LogP contribution in [-0.2, 0) is 11.2 Å². The average molecular weight is 354 g/mol. The number of halogens is 2. The quantitative estimate of drug-likeness (QED) is 0.787. The minimum Gasteiger partial charge on any atom is -0.481 e. The highest BCUT2D eigenvalue weighted by molar-refractivity contribution is 5.62. The van der Waals surface area contributed by atoms with Crippen LogP contribution in [0.5, 0.6) is 0 Å².